The molecule has 1 aromatic rings. The summed E-state index contributed by atoms with van der Waals surface area (Å²) in [6.07, 6.45) is 2.93. The Morgan fingerprint density at radius 3 is 3.07 bits per heavy atom. The summed E-state index contributed by atoms with van der Waals surface area (Å²) in [5.74, 6) is 0.517. The summed E-state index contributed by atoms with van der Waals surface area (Å²) < 4.78 is 6.34. The van der Waals surface area contributed by atoms with E-state index in [1.807, 2.05) is 6.20 Å². The highest BCUT2D eigenvalue weighted by molar-refractivity contribution is 5.89. The standard InChI is InChI=1S/C10H15N3O2/c1-13-5-8(7-3-6(7)4-11)9(12-13)10(14)15-2/h5-7H,3-4,11H2,1-2H3. The lowest BCUT2D eigenvalue weighted by Crippen LogP contribution is -2.07. The Morgan fingerprint density at radius 1 is 1.80 bits per heavy atom. The fraction of sp³-hybridized carbons (Fsp3) is 0.600. The summed E-state index contributed by atoms with van der Waals surface area (Å²) in [6, 6.07) is 0. The first-order valence-corrected chi connectivity index (χ1v) is 4.99. The van der Waals surface area contributed by atoms with Crippen LogP contribution in [0.15, 0.2) is 6.20 Å². The Balaban J connectivity index is 2.27. The number of nitrogens with zero attached hydrogens (tertiary/aromatic N) is 2. The van der Waals surface area contributed by atoms with Crippen LogP contribution in [0.4, 0.5) is 0 Å². The van der Waals surface area contributed by atoms with Crippen LogP contribution >= 0.6 is 0 Å². The molecule has 2 N–H and O–H groups in total. The van der Waals surface area contributed by atoms with Crippen LogP contribution in [-0.2, 0) is 11.8 Å². The molecule has 0 bridgehead atoms. The number of carbonyl (C=O) groups excluding carboxylic acids is 1. The number of nitrogens with two attached hydrogens (primary N) is 1. The van der Waals surface area contributed by atoms with E-state index in [-0.39, 0.29) is 5.97 Å². The van der Waals surface area contributed by atoms with Crippen LogP contribution in [-0.4, -0.2) is 29.4 Å². The maximum Gasteiger partial charge on any atom is 0.358 e. The van der Waals surface area contributed by atoms with E-state index in [9.17, 15) is 4.79 Å². The van der Waals surface area contributed by atoms with Gasteiger partial charge in [0.25, 0.3) is 0 Å². The van der Waals surface area contributed by atoms with Crippen LogP contribution in [0.3, 0.4) is 0 Å². The number of methoxy groups -OCH3 is 1. The zero-order valence-corrected chi connectivity index (χ0v) is 8.93. The van der Waals surface area contributed by atoms with Gasteiger partial charge in [-0.3, -0.25) is 4.68 Å². The van der Waals surface area contributed by atoms with Gasteiger partial charge in [0, 0.05) is 18.8 Å². The Morgan fingerprint density at radius 2 is 2.53 bits per heavy atom. The van der Waals surface area contributed by atoms with Crippen LogP contribution in [0, 0.1) is 5.92 Å². The number of hydrogen-bond donors (Lipinski definition) is 1. The smallest absolute Gasteiger partial charge is 0.358 e. The van der Waals surface area contributed by atoms with E-state index in [1.54, 1.807) is 11.7 Å². The minimum Gasteiger partial charge on any atom is -0.464 e. The summed E-state index contributed by atoms with van der Waals surface area (Å²) in [5, 5.41) is 4.11. The molecule has 15 heavy (non-hydrogen) atoms. The Labute approximate surface area is 88.2 Å². The highest BCUT2D eigenvalue weighted by Crippen LogP contribution is 2.47. The van der Waals surface area contributed by atoms with Crippen LogP contribution in [0.1, 0.15) is 28.4 Å². The molecule has 2 rings (SSSR count). The first-order chi connectivity index (χ1) is 7.17. The van der Waals surface area contributed by atoms with Gasteiger partial charge in [0.15, 0.2) is 5.69 Å². The maximum atomic E-state index is 11.4. The van der Waals surface area contributed by atoms with Crippen molar-refractivity contribution in [3.05, 3.63) is 17.5 Å². The lowest BCUT2D eigenvalue weighted by Gasteiger charge is -1.98. The third-order valence-electron chi connectivity index (χ3n) is 2.86. The molecule has 1 aliphatic rings. The van der Waals surface area contributed by atoms with Gasteiger partial charge in [0.2, 0.25) is 0 Å². The van der Waals surface area contributed by atoms with Crippen LogP contribution < -0.4 is 5.73 Å². The maximum absolute atomic E-state index is 11.4. The van der Waals surface area contributed by atoms with Crippen molar-refractivity contribution < 1.29 is 9.53 Å². The summed E-state index contributed by atoms with van der Waals surface area (Å²) in [6.45, 7) is 0.667. The van der Waals surface area contributed by atoms with E-state index in [0.717, 1.165) is 12.0 Å². The molecular formula is C10H15N3O2. The molecule has 1 fully saturated rings. The minimum absolute atomic E-state index is 0.367. The van der Waals surface area contributed by atoms with Crippen molar-refractivity contribution in [1.82, 2.24) is 9.78 Å². The van der Waals surface area contributed by atoms with Gasteiger partial charge in [-0.2, -0.15) is 5.10 Å². The molecule has 82 valence electrons. The average Bonchev–Trinajstić information content (AvgIpc) is 2.93. The lowest BCUT2D eigenvalue weighted by molar-refractivity contribution is 0.0592. The fourth-order valence-corrected chi connectivity index (χ4v) is 1.92. The molecule has 5 nitrogen and oxygen atoms in total. The van der Waals surface area contributed by atoms with Gasteiger partial charge in [-0.15, -0.1) is 0 Å². The summed E-state index contributed by atoms with van der Waals surface area (Å²) in [7, 11) is 3.17. The van der Waals surface area contributed by atoms with Crippen molar-refractivity contribution in [2.24, 2.45) is 18.7 Å². The van der Waals surface area contributed by atoms with Crippen molar-refractivity contribution in [1.29, 1.82) is 0 Å². The molecule has 2 atom stereocenters. The number of aromatic nitrogens is 2. The van der Waals surface area contributed by atoms with Gasteiger partial charge in [-0.1, -0.05) is 0 Å². The van der Waals surface area contributed by atoms with Crippen LogP contribution in [0.5, 0.6) is 0 Å². The predicted octanol–water partition coefficient (Wildman–Crippen LogP) is 0.269. The minimum atomic E-state index is -0.367. The summed E-state index contributed by atoms with van der Waals surface area (Å²) in [5.41, 5.74) is 6.99. The van der Waals surface area contributed by atoms with Gasteiger partial charge in [0.1, 0.15) is 0 Å². The molecule has 1 heterocycles. The molecule has 0 spiro atoms. The van der Waals surface area contributed by atoms with Crippen LogP contribution in [0.25, 0.3) is 0 Å². The SMILES string of the molecule is COC(=O)c1nn(C)cc1C1CC1CN. The van der Waals surface area contributed by atoms with Gasteiger partial charge >= 0.3 is 5.97 Å². The lowest BCUT2D eigenvalue weighted by atomic mass is 10.1. The van der Waals surface area contributed by atoms with Crippen molar-refractivity contribution in [3.63, 3.8) is 0 Å². The average molecular weight is 209 g/mol. The van der Waals surface area contributed by atoms with Crippen LogP contribution in [0.2, 0.25) is 0 Å². The van der Waals surface area contributed by atoms with Gasteiger partial charge in [0.05, 0.1) is 7.11 Å². The monoisotopic (exact) mass is 209 g/mol. The number of carbonyl (C=O) groups is 1. The van der Waals surface area contributed by atoms with Gasteiger partial charge in [-0.25, -0.2) is 4.79 Å². The van der Waals surface area contributed by atoms with Gasteiger partial charge in [-0.05, 0) is 24.8 Å². The van der Waals surface area contributed by atoms with E-state index in [1.165, 1.54) is 7.11 Å². The van der Waals surface area contributed by atoms with Crippen molar-refractivity contribution in [2.75, 3.05) is 13.7 Å². The van der Waals surface area contributed by atoms with Gasteiger partial charge < -0.3 is 10.5 Å². The van der Waals surface area contributed by atoms with Crippen molar-refractivity contribution in [3.8, 4) is 0 Å². The number of rotatable bonds is 3. The molecule has 5 heteroatoms. The quantitative estimate of drug-likeness (QED) is 0.725. The molecule has 1 saturated carbocycles. The zero-order chi connectivity index (χ0) is 11.0. The molecule has 0 radical (unpaired) electrons. The first-order valence-electron chi connectivity index (χ1n) is 4.99. The number of ether oxygens (including phenoxy) is 1. The van der Waals surface area contributed by atoms with Crippen molar-refractivity contribution in [2.45, 2.75) is 12.3 Å². The third kappa shape index (κ3) is 1.74. The fourth-order valence-electron chi connectivity index (χ4n) is 1.92. The van der Waals surface area contributed by atoms with E-state index < -0.39 is 0 Å². The second-order valence-electron chi connectivity index (χ2n) is 3.94. The molecule has 1 aromatic heterocycles. The molecule has 0 aromatic carbocycles. The second kappa shape index (κ2) is 3.66. The molecule has 1 aliphatic carbocycles. The highest BCUT2D eigenvalue weighted by atomic mass is 16.5. The Hall–Kier alpha value is -1.36. The zero-order valence-electron chi connectivity index (χ0n) is 8.93. The second-order valence-corrected chi connectivity index (χ2v) is 3.94. The molecule has 0 saturated heterocycles. The van der Waals surface area contributed by atoms with E-state index in [4.69, 9.17) is 10.5 Å². The summed E-state index contributed by atoms with van der Waals surface area (Å²) in [4.78, 5) is 11.4. The van der Waals surface area contributed by atoms with Crippen molar-refractivity contribution >= 4 is 5.97 Å². The number of esters is 1. The molecule has 0 amide bonds. The van der Waals surface area contributed by atoms with E-state index in [2.05, 4.69) is 5.10 Å². The van der Waals surface area contributed by atoms with E-state index >= 15 is 0 Å². The summed E-state index contributed by atoms with van der Waals surface area (Å²) >= 11 is 0. The largest absolute Gasteiger partial charge is 0.464 e. The number of aryl methyl sites for hydroxylation is 1. The Kier molecular flexibility index (Phi) is 2.48. The normalized spacial score (nSPS) is 23.9. The topological polar surface area (TPSA) is 70.1 Å². The molecule has 0 aliphatic heterocycles. The molecular weight excluding hydrogens is 194 g/mol. The van der Waals surface area contributed by atoms with E-state index in [0.29, 0.717) is 24.1 Å². The first kappa shape index (κ1) is 10.2. The number of hydrogen-bond acceptors (Lipinski definition) is 4. The highest BCUT2D eigenvalue weighted by Gasteiger charge is 2.40. The third-order valence-corrected chi connectivity index (χ3v) is 2.86. The predicted molar refractivity (Wildman–Crippen MR) is 54.4 cm³/mol. The Bertz CT molecular complexity index is 386. The molecule has 2 unspecified atom stereocenters.